The van der Waals surface area contributed by atoms with Crippen LogP contribution in [0.1, 0.15) is 46.5 Å². The third kappa shape index (κ3) is 8.95. The number of alkyl carbamates (subject to hydrolysis) is 1. The number of aromatic nitrogens is 4. The van der Waals surface area contributed by atoms with Gasteiger partial charge in [0.2, 0.25) is 0 Å². The molecule has 4 aromatic rings. The van der Waals surface area contributed by atoms with Crippen molar-refractivity contribution in [2.24, 2.45) is 0 Å². The predicted molar refractivity (Wildman–Crippen MR) is 212 cm³/mol. The average molecular weight is 772 g/mol. The summed E-state index contributed by atoms with van der Waals surface area (Å²) in [6, 6.07) is 6.17. The molecule has 5 heterocycles. The van der Waals surface area contributed by atoms with Crippen LogP contribution in [0.4, 0.5) is 10.6 Å². The Morgan fingerprint density at radius 3 is 2.23 bits per heavy atom. The number of ether oxygens (including phenoxy) is 3. The Hall–Kier alpha value is -3.18. The molecule has 0 saturated carbocycles. The molecule has 0 aliphatic carbocycles. The summed E-state index contributed by atoms with van der Waals surface area (Å²) in [4.78, 5) is 38.1. The summed E-state index contributed by atoms with van der Waals surface area (Å²) in [5.74, 6) is 0.300. The van der Waals surface area contributed by atoms with Crippen molar-refractivity contribution in [2.45, 2.75) is 135 Å². The minimum atomic E-state index is -1.30. The highest BCUT2D eigenvalue weighted by Gasteiger charge is 2.42. The molecule has 1 aromatic carbocycles. The van der Waals surface area contributed by atoms with E-state index in [1.807, 2.05) is 43.8 Å². The zero-order valence-electron chi connectivity index (χ0n) is 32.2. The molecule has 1 amide bonds. The van der Waals surface area contributed by atoms with Gasteiger partial charge in [-0.3, -0.25) is 0 Å². The second kappa shape index (κ2) is 14.9. The van der Waals surface area contributed by atoms with Gasteiger partial charge < -0.3 is 33.4 Å². The van der Waals surface area contributed by atoms with Crippen LogP contribution < -0.4 is 16.0 Å². The number of nitrogens with one attached hydrogen (secondary N) is 1. The molecule has 2 unspecified atom stereocenters. The largest absolute Gasteiger partial charge is 0.444 e. The number of benzene rings is 1. The standard InChI is InChI=1S/C37H55ClN6O6Si2/c1-37(2,3)50-35(45)40-24-18-25-10-11-26(19-24)44(25)30-20-39-32-28(21-42(34(32)41-30)22-47-14-16-51(4,5)6)27-12-13-29-33(31(27)38)43(36(46)49-29)23-48-15-17-52(7,8)9/h12-13,20-21,24-26H,10-11,14-19,22-23H2,1-9H3,(H,40,45). The van der Waals surface area contributed by atoms with Gasteiger partial charge in [-0.15, -0.1) is 0 Å². The predicted octanol–water partition coefficient (Wildman–Crippen LogP) is 8.31. The molecule has 3 aromatic heterocycles. The molecular weight excluding hydrogens is 716 g/mol. The molecular formula is C37H55ClN6O6Si2. The number of oxazole rings is 1. The second-order valence-electron chi connectivity index (χ2n) is 17.8. The number of carbonyl (C=O) groups is 1. The number of halogens is 1. The number of nitrogens with zero attached hydrogens (tertiary/aromatic N) is 5. The van der Waals surface area contributed by atoms with E-state index in [-0.39, 0.29) is 30.9 Å². The molecule has 52 heavy (non-hydrogen) atoms. The van der Waals surface area contributed by atoms with Crippen LogP contribution in [-0.4, -0.2) is 78.3 Å². The van der Waals surface area contributed by atoms with Crippen molar-refractivity contribution >= 4 is 61.9 Å². The first-order valence-corrected chi connectivity index (χ1v) is 26.3. The maximum absolute atomic E-state index is 12.9. The molecule has 6 rings (SSSR count). The molecule has 2 aliphatic heterocycles. The van der Waals surface area contributed by atoms with Crippen LogP contribution in [0.5, 0.6) is 0 Å². The minimum absolute atomic E-state index is 0.0404. The van der Waals surface area contributed by atoms with Crippen LogP contribution >= 0.6 is 11.6 Å². The summed E-state index contributed by atoms with van der Waals surface area (Å²) in [6.07, 6.45) is 7.14. The molecule has 2 atom stereocenters. The van der Waals surface area contributed by atoms with Crippen molar-refractivity contribution < 1.29 is 23.4 Å². The molecule has 2 bridgehead atoms. The quantitative estimate of drug-likeness (QED) is 0.106. The molecule has 0 radical (unpaired) electrons. The van der Waals surface area contributed by atoms with E-state index in [2.05, 4.69) is 49.5 Å². The number of piperidine rings is 1. The number of hydrogen-bond acceptors (Lipinski definition) is 9. The Morgan fingerprint density at radius 2 is 1.62 bits per heavy atom. The summed E-state index contributed by atoms with van der Waals surface area (Å²) < 4.78 is 26.8. The van der Waals surface area contributed by atoms with Gasteiger partial charge in [-0.05, 0) is 70.7 Å². The maximum atomic E-state index is 12.9. The summed E-state index contributed by atoms with van der Waals surface area (Å²) in [5.41, 5.74) is 3.25. The van der Waals surface area contributed by atoms with Gasteiger partial charge in [-0.1, -0.05) is 50.9 Å². The summed E-state index contributed by atoms with van der Waals surface area (Å²) >= 11 is 7.15. The van der Waals surface area contributed by atoms with Gasteiger partial charge in [0.25, 0.3) is 0 Å². The molecule has 1 N–H and O–H groups in total. The fourth-order valence-electron chi connectivity index (χ4n) is 7.12. The Kier molecular flexibility index (Phi) is 11.1. The van der Waals surface area contributed by atoms with Crippen molar-refractivity contribution in [1.82, 2.24) is 24.4 Å². The number of amides is 1. The zero-order valence-corrected chi connectivity index (χ0v) is 34.9. The van der Waals surface area contributed by atoms with Crippen molar-refractivity contribution in [3.63, 3.8) is 0 Å². The first kappa shape index (κ1) is 38.5. The maximum Gasteiger partial charge on any atom is 0.421 e. The van der Waals surface area contributed by atoms with Gasteiger partial charge in [0, 0.05) is 64.8 Å². The summed E-state index contributed by atoms with van der Waals surface area (Å²) in [6.45, 7) is 21.1. The van der Waals surface area contributed by atoms with Gasteiger partial charge in [-0.25, -0.2) is 24.1 Å². The molecule has 2 fully saturated rings. The number of fused-ring (bicyclic) bond motifs is 4. The fraction of sp³-hybridized carbons (Fsp3) is 0.622. The van der Waals surface area contributed by atoms with Crippen LogP contribution in [0.2, 0.25) is 56.4 Å². The monoisotopic (exact) mass is 770 g/mol. The molecule has 12 nitrogen and oxygen atoms in total. The van der Waals surface area contributed by atoms with E-state index in [0.29, 0.717) is 52.8 Å². The topological polar surface area (TPSA) is 126 Å². The highest BCUT2D eigenvalue weighted by atomic mass is 35.5. The third-order valence-electron chi connectivity index (χ3n) is 9.77. The van der Waals surface area contributed by atoms with Crippen molar-refractivity contribution in [3.8, 4) is 11.1 Å². The molecule has 2 aliphatic rings. The number of rotatable bonds is 13. The van der Waals surface area contributed by atoms with E-state index in [4.69, 9.17) is 40.2 Å². The lowest BCUT2D eigenvalue weighted by molar-refractivity contribution is 0.0492. The van der Waals surface area contributed by atoms with E-state index in [1.165, 1.54) is 4.57 Å². The van der Waals surface area contributed by atoms with E-state index < -0.39 is 27.5 Å². The molecule has 15 heteroatoms. The fourth-order valence-corrected chi connectivity index (χ4v) is 9.00. The Balaban J connectivity index is 1.31. The normalized spacial score (nSPS) is 19.6. The highest BCUT2D eigenvalue weighted by Crippen LogP contribution is 2.41. The highest BCUT2D eigenvalue weighted by molar-refractivity contribution is 6.76. The van der Waals surface area contributed by atoms with Gasteiger partial charge in [0.05, 0.1) is 11.2 Å². The Morgan fingerprint density at radius 1 is 0.981 bits per heavy atom. The molecule has 0 spiro atoms. The number of carbonyl (C=O) groups excluding carboxylic acids is 1. The van der Waals surface area contributed by atoms with Crippen LogP contribution in [0, 0.1) is 0 Å². The van der Waals surface area contributed by atoms with Crippen molar-refractivity contribution in [3.05, 3.63) is 40.1 Å². The van der Waals surface area contributed by atoms with Crippen LogP contribution in [-0.2, 0) is 27.7 Å². The molecule has 2 saturated heterocycles. The number of hydrogen-bond donors (Lipinski definition) is 1. The lowest BCUT2D eigenvalue weighted by Crippen LogP contribution is -2.51. The Bertz CT molecular complexity index is 1960. The van der Waals surface area contributed by atoms with E-state index in [1.54, 1.807) is 6.07 Å². The first-order chi connectivity index (χ1) is 24.4. The lowest BCUT2D eigenvalue weighted by Gasteiger charge is -2.39. The third-order valence-corrected chi connectivity index (χ3v) is 13.6. The van der Waals surface area contributed by atoms with Gasteiger partial charge in [0.1, 0.15) is 35.9 Å². The Labute approximate surface area is 313 Å². The lowest BCUT2D eigenvalue weighted by atomic mass is 9.97. The van der Waals surface area contributed by atoms with Gasteiger partial charge in [-0.2, -0.15) is 0 Å². The number of anilines is 1. The van der Waals surface area contributed by atoms with E-state index in [0.717, 1.165) is 49.2 Å². The molecule has 284 valence electrons. The summed E-state index contributed by atoms with van der Waals surface area (Å²) in [5, 5.41) is 3.49. The smallest absolute Gasteiger partial charge is 0.421 e. The summed E-state index contributed by atoms with van der Waals surface area (Å²) in [7, 11) is -2.59. The minimum Gasteiger partial charge on any atom is -0.444 e. The zero-order chi connectivity index (χ0) is 37.6. The second-order valence-corrected chi connectivity index (χ2v) is 29.4. The first-order valence-electron chi connectivity index (χ1n) is 18.5. The SMILES string of the molecule is CC(C)(C)OC(=O)NC1CC2CCC(C1)N2c1cnc2c(-c3ccc4oc(=O)n(COCC[Si](C)(C)C)c4c3Cl)cn(COCC[Si](C)(C)C)c2n1. The van der Waals surface area contributed by atoms with Crippen LogP contribution in [0.15, 0.2) is 33.7 Å². The van der Waals surface area contributed by atoms with E-state index in [9.17, 15) is 9.59 Å². The van der Waals surface area contributed by atoms with Crippen LogP contribution in [0.25, 0.3) is 33.4 Å². The average Bonchev–Trinajstić information content (AvgIpc) is 3.64. The van der Waals surface area contributed by atoms with Gasteiger partial charge in [0.15, 0.2) is 11.2 Å². The van der Waals surface area contributed by atoms with Crippen LogP contribution in [0.3, 0.4) is 0 Å². The van der Waals surface area contributed by atoms with E-state index >= 15 is 0 Å². The van der Waals surface area contributed by atoms with Gasteiger partial charge >= 0.3 is 11.8 Å². The van der Waals surface area contributed by atoms with Crippen molar-refractivity contribution in [2.75, 3.05) is 18.1 Å². The van der Waals surface area contributed by atoms with Crippen molar-refractivity contribution in [1.29, 1.82) is 0 Å².